The maximum Gasteiger partial charge on any atom is 0.306 e. The largest absolute Gasteiger partial charge is 0.462 e. The second-order valence-electron chi connectivity index (χ2n) is 20.2. The van der Waals surface area contributed by atoms with E-state index in [1.54, 1.807) is 0 Å². The van der Waals surface area contributed by atoms with Gasteiger partial charge >= 0.3 is 17.9 Å². The van der Waals surface area contributed by atoms with Gasteiger partial charge in [-0.25, -0.2) is 0 Å². The van der Waals surface area contributed by atoms with Crippen LogP contribution in [0.3, 0.4) is 0 Å². The summed E-state index contributed by atoms with van der Waals surface area (Å²) in [5, 5.41) is 0. The van der Waals surface area contributed by atoms with Crippen LogP contribution in [-0.2, 0) is 28.6 Å². The van der Waals surface area contributed by atoms with Crippen molar-refractivity contribution in [1.82, 2.24) is 0 Å². The molecule has 6 heteroatoms. The van der Waals surface area contributed by atoms with E-state index in [4.69, 9.17) is 14.2 Å². The van der Waals surface area contributed by atoms with E-state index in [9.17, 15) is 14.4 Å². The smallest absolute Gasteiger partial charge is 0.306 e. The number of carbonyl (C=O) groups is 3. The minimum Gasteiger partial charge on any atom is -0.462 e. The molecule has 0 aliphatic heterocycles. The van der Waals surface area contributed by atoms with Gasteiger partial charge in [0.1, 0.15) is 13.2 Å². The molecule has 0 bridgehead atoms. The van der Waals surface area contributed by atoms with Crippen LogP contribution in [0.2, 0.25) is 0 Å². The molecule has 0 aromatic rings. The predicted octanol–water partition coefficient (Wildman–Crippen LogP) is 20.5. The van der Waals surface area contributed by atoms with E-state index in [0.717, 1.165) is 103 Å². The van der Waals surface area contributed by atoms with Gasteiger partial charge in [0, 0.05) is 19.3 Å². The molecule has 6 nitrogen and oxygen atoms in total. The monoisotopic (exact) mass is 991 g/mol. The van der Waals surface area contributed by atoms with Crippen LogP contribution in [0.15, 0.2) is 72.9 Å². The van der Waals surface area contributed by atoms with Gasteiger partial charge in [0.15, 0.2) is 6.10 Å². The van der Waals surface area contributed by atoms with Crippen molar-refractivity contribution in [3.8, 4) is 0 Å². The molecule has 0 radical (unpaired) electrons. The lowest BCUT2D eigenvalue weighted by Gasteiger charge is -2.18. The van der Waals surface area contributed by atoms with E-state index >= 15 is 0 Å². The lowest BCUT2D eigenvalue weighted by molar-refractivity contribution is -0.167. The predicted molar refractivity (Wildman–Crippen MR) is 307 cm³/mol. The third kappa shape index (κ3) is 57.6. The van der Waals surface area contributed by atoms with Crippen molar-refractivity contribution in [2.45, 2.75) is 309 Å². The van der Waals surface area contributed by atoms with Gasteiger partial charge in [-0.3, -0.25) is 14.4 Å². The van der Waals surface area contributed by atoms with Gasteiger partial charge in [-0.1, -0.05) is 286 Å². The molecule has 71 heavy (non-hydrogen) atoms. The fourth-order valence-electron chi connectivity index (χ4n) is 8.68. The summed E-state index contributed by atoms with van der Waals surface area (Å²) >= 11 is 0. The summed E-state index contributed by atoms with van der Waals surface area (Å²) in [7, 11) is 0. The lowest BCUT2D eigenvalue weighted by atomic mass is 10.0. The molecule has 0 saturated heterocycles. The number of allylic oxidation sites excluding steroid dienone is 12. The summed E-state index contributed by atoms with van der Waals surface area (Å²) in [5.74, 6) is -0.878. The fourth-order valence-corrected chi connectivity index (χ4v) is 8.68. The van der Waals surface area contributed by atoms with Crippen LogP contribution < -0.4 is 0 Å². The molecule has 0 N–H and O–H groups in total. The summed E-state index contributed by atoms with van der Waals surface area (Å²) in [6.07, 6.45) is 76.1. The maximum atomic E-state index is 12.9. The summed E-state index contributed by atoms with van der Waals surface area (Å²) in [5.41, 5.74) is 0. The molecule has 1 unspecified atom stereocenters. The van der Waals surface area contributed by atoms with Crippen molar-refractivity contribution in [3.05, 3.63) is 72.9 Å². The zero-order valence-electron chi connectivity index (χ0n) is 47.0. The standard InChI is InChI=1S/C65H114O6/c1-4-7-10-13-16-19-22-24-26-28-29-30-31-32-33-34-35-37-38-40-43-46-49-52-55-58-64(67)70-61-62(60-69-63(66)57-54-51-48-45-42-21-18-15-12-9-6-3)71-65(68)59-56-53-50-47-44-41-39-36-27-25-23-20-17-14-11-8-5-2/h7,10,16,19,24,26,29-30,32-33,35,37,62H,4-6,8-9,11-15,17-18,20-23,25,27-28,31,34,36,38-61H2,1-3H3/b10-7-,19-16-,26-24-,30-29-,33-32-,37-35-. The van der Waals surface area contributed by atoms with Crippen LogP contribution in [-0.4, -0.2) is 37.2 Å². The van der Waals surface area contributed by atoms with Crippen molar-refractivity contribution < 1.29 is 28.6 Å². The Labute approximate surface area is 440 Å². The van der Waals surface area contributed by atoms with E-state index in [1.807, 2.05) is 0 Å². The number of ether oxygens (including phenoxy) is 3. The summed E-state index contributed by atoms with van der Waals surface area (Å²) in [6.45, 7) is 6.54. The Morgan fingerprint density at radius 3 is 0.859 bits per heavy atom. The van der Waals surface area contributed by atoms with Gasteiger partial charge in [-0.05, 0) is 70.6 Å². The normalized spacial score (nSPS) is 12.5. The Morgan fingerprint density at radius 1 is 0.296 bits per heavy atom. The average Bonchev–Trinajstić information content (AvgIpc) is 3.37. The van der Waals surface area contributed by atoms with Crippen molar-refractivity contribution in [2.75, 3.05) is 13.2 Å². The van der Waals surface area contributed by atoms with E-state index in [1.165, 1.54) is 161 Å². The minimum absolute atomic E-state index is 0.0759. The molecule has 0 heterocycles. The number of esters is 3. The summed E-state index contributed by atoms with van der Waals surface area (Å²) < 4.78 is 16.9. The zero-order chi connectivity index (χ0) is 51.4. The third-order valence-electron chi connectivity index (χ3n) is 13.2. The Balaban J connectivity index is 4.31. The Morgan fingerprint density at radius 2 is 0.549 bits per heavy atom. The summed E-state index contributed by atoms with van der Waals surface area (Å²) in [6, 6.07) is 0. The molecular formula is C65H114O6. The van der Waals surface area contributed by atoms with Crippen molar-refractivity contribution in [3.63, 3.8) is 0 Å². The highest BCUT2D eigenvalue weighted by Crippen LogP contribution is 2.17. The van der Waals surface area contributed by atoms with Crippen LogP contribution >= 0.6 is 0 Å². The molecule has 410 valence electrons. The molecule has 1 atom stereocenters. The number of unbranched alkanes of at least 4 members (excludes halogenated alkanes) is 32. The Bertz CT molecular complexity index is 1320. The molecule has 0 aliphatic carbocycles. The molecule has 0 fully saturated rings. The van der Waals surface area contributed by atoms with Crippen LogP contribution in [0.25, 0.3) is 0 Å². The number of carbonyl (C=O) groups excluding carboxylic acids is 3. The van der Waals surface area contributed by atoms with Crippen LogP contribution in [0.1, 0.15) is 303 Å². The van der Waals surface area contributed by atoms with Gasteiger partial charge in [-0.15, -0.1) is 0 Å². The molecule has 0 aliphatic rings. The number of rotatable bonds is 55. The third-order valence-corrected chi connectivity index (χ3v) is 13.2. The molecule has 0 saturated carbocycles. The topological polar surface area (TPSA) is 78.9 Å². The maximum absolute atomic E-state index is 12.9. The van der Waals surface area contributed by atoms with Gasteiger partial charge in [0.25, 0.3) is 0 Å². The number of hydrogen-bond acceptors (Lipinski definition) is 6. The quantitative estimate of drug-likeness (QED) is 0.0261. The van der Waals surface area contributed by atoms with E-state index in [2.05, 4.69) is 93.7 Å². The van der Waals surface area contributed by atoms with Crippen LogP contribution in [0, 0.1) is 0 Å². The number of hydrogen-bond donors (Lipinski definition) is 0. The molecule has 0 spiro atoms. The fraction of sp³-hybridized carbons (Fsp3) is 0.769. The van der Waals surface area contributed by atoms with Crippen molar-refractivity contribution in [2.24, 2.45) is 0 Å². The van der Waals surface area contributed by atoms with Crippen LogP contribution in [0.4, 0.5) is 0 Å². The van der Waals surface area contributed by atoms with E-state index in [-0.39, 0.29) is 31.1 Å². The second-order valence-corrected chi connectivity index (χ2v) is 20.2. The SMILES string of the molecule is CC/C=C\C/C=C\C/C=C\C/C=C\C/C=C\C/C=C\CCCCCCCCC(=O)OCC(COC(=O)CCCCCCCCCCCCC)OC(=O)CCCCCCCCCCCCCCCCCCC. The van der Waals surface area contributed by atoms with E-state index < -0.39 is 6.10 Å². The summed E-state index contributed by atoms with van der Waals surface area (Å²) in [4.78, 5) is 38.2. The Hall–Kier alpha value is -3.15. The second kappa shape index (κ2) is 59.4. The highest BCUT2D eigenvalue weighted by molar-refractivity contribution is 5.71. The Kier molecular flexibility index (Phi) is 56.8. The van der Waals surface area contributed by atoms with Crippen molar-refractivity contribution in [1.29, 1.82) is 0 Å². The highest BCUT2D eigenvalue weighted by atomic mass is 16.6. The first-order chi connectivity index (χ1) is 35.0. The molecule has 0 aromatic heterocycles. The van der Waals surface area contributed by atoms with Gasteiger partial charge in [0.2, 0.25) is 0 Å². The first kappa shape index (κ1) is 67.8. The molecule has 0 amide bonds. The average molecular weight is 992 g/mol. The zero-order valence-corrected chi connectivity index (χ0v) is 47.0. The van der Waals surface area contributed by atoms with Crippen molar-refractivity contribution >= 4 is 17.9 Å². The van der Waals surface area contributed by atoms with Gasteiger partial charge < -0.3 is 14.2 Å². The molecule has 0 rings (SSSR count). The first-order valence-electron chi connectivity index (χ1n) is 30.4. The van der Waals surface area contributed by atoms with Gasteiger partial charge in [-0.2, -0.15) is 0 Å². The van der Waals surface area contributed by atoms with E-state index in [0.29, 0.717) is 19.3 Å². The first-order valence-corrected chi connectivity index (χ1v) is 30.4. The lowest BCUT2D eigenvalue weighted by Crippen LogP contribution is -2.30. The minimum atomic E-state index is -0.778. The molecular weight excluding hydrogens is 877 g/mol. The molecule has 0 aromatic carbocycles. The van der Waals surface area contributed by atoms with Gasteiger partial charge in [0.05, 0.1) is 0 Å². The highest BCUT2D eigenvalue weighted by Gasteiger charge is 2.19. The van der Waals surface area contributed by atoms with Crippen LogP contribution in [0.5, 0.6) is 0 Å².